The van der Waals surface area contributed by atoms with E-state index in [0.29, 0.717) is 11.5 Å². The highest BCUT2D eigenvalue weighted by atomic mass is 79.9. The SMILES string of the molecule is CNC(=O)c1[nH]cnc1/N=c1\scc(-c2ccc(Br)cc2)n1-c1ccccc1. The van der Waals surface area contributed by atoms with Gasteiger partial charge in [-0.25, -0.2) is 4.98 Å². The van der Waals surface area contributed by atoms with Crippen molar-refractivity contribution in [2.45, 2.75) is 0 Å². The first-order chi connectivity index (χ1) is 13.7. The van der Waals surface area contributed by atoms with Crippen molar-refractivity contribution in [1.82, 2.24) is 19.9 Å². The number of hydrogen-bond donors (Lipinski definition) is 2. The molecule has 0 unspecified atom stereocenters. The van der Waals surface area contributed by atoms with E-state index in [9.17, 15) is 4.79 Å². The van der Waals surface area contributed by atoms with Crippen LogP contribution in [0.2, 0.25) is 0 Å². The fourth-order valence-corrected chi connectivity index (χ4v) is 3.96. The highest BCUT2D eigenvalue weighted by Crippen LogP contribution is 2.25. The largest absolute Gasteiger partial charge is 0.354 e. The van der Waals surface area contributed by atoms with Crippen molar-refractivity contribution >= 4 is 39.0 Å². The summed E-state index contributed by atoms with van der Waals surface area (Å²) in [5, 5.41) is 4.65. The zero-order chi connectivity index (χ0) is 19.5. The molecule has 0 aliphatic heterocycles. The van der Waals surface area contributed by atoms with Crippen LogP contribution in [0, 0.1) is 0 Å². The third kappa shape index (κ3) is 3.56. The average molecular weight is 454 g/mol. The molecule has 28 heavy (non-hydrogen) atoms. The van der Waals surface area contributed by atoms with Crippen LogP contribution in [0.1, 0.15) is 10.5 Å². The van der Waals surface area contributed by atoms with Crippen molar-refractivity contribution in [3.63, 3.8) is 0 Å². The monoisotopic (exact) mass is 453 g/mol. The number of para-hydroxylation sites is 1. The summed E-state index contributed by atoms with van der Waals surface area (Å²) < 4.78 is 3.09. The van der Waals surface area contributed by atoms with Gasteiger partial charge in [-0.3, -0.25) is 9.36 Å². The summed E-state index contributed by atoms with van der Waals surface area (Å²) in [5.41, 5.74) is 3.40. The molecule has 2 N–H and O–H groups in total. The number of thiazole rings is 1. The molecular weight excluding hydrogens is 438 g/mol. The van der Waals surface area contributed by atoms with Crippen LogP contribution in [0.4, 0.5) is 5.82 Å². The fourth-order valence-electron chi connectivity index (χ4n) is 2.79. The van der Waals surface area contributed by atoms with E-state index in [0.717, 1.165) is 26.2 Å². The van der Waals surface area contributed by atoms with Crippen molar-refractivity contribution in [3.05, 3.63) is 81.3 Å². The van der Waals surface area contributed by atoms with Crippen LogP contribution in [-0.2, 0) is 0 Å². The van der Waals surface area contributed by atoms with Gasteiger partial charge in [0.2, 0.25) is 0 Å². The van der Waals surface area contributed by atoms with Gasteiger partial charge in [-0.2, -0.15) is 4.99 Å². The molecule has 4 aromatic rings. The number of hydrogen-bond acceptors (Lipinski definition) is 4. The molecule has 1 amide bonds. The Balaban J connectivity index is 1.93. The average Bonchev–Trinajstić information content (AvgIpc) is 3.36. The molecule has 0 saturated heterocycles. The number of rotatable bonds is 4. The van der Waals surface area contributed by atoms with E-state index < -0.39 is 0 Å². The van der Waals surface area contributed by atoms with Gasteiger partial charge in [-0.15, -0.1) is 11.3 Å². The number of aromatic nitrogens is 3. The number of amides is 1. The van der Waals surface area contributed by atoms with Crippen molar-refractivity contribution < 1.29 is 4.79 Å². The van der Waals surface area contributed by atoms with Crippen LogP contribution < -0.4 is 10.1 Å². The van der Waals surface area contributed by atoms with Gasteiger partial charge < -0.3 is 10.3 Å². The molecule has 0 radical (unpaired) electrons. The number of H-pyrrole nitrogens is 1. The van der Waals surface area contributed by atoms with E-state index in [1.54, 1.807) is 7.05 Å². The van der Waals surface area contributed by atoms with E-state index in [2.05, 4.69) is 58.3 Å². The Morgan fingerprint density at radius 3 is 2.64 bits per heavy atom. The molecule has 0 bridgehead atoms. The molecule has 0 saturated carbocycles. The van der Waals surface area contributed by atoms with E-state index >= 15 is 0 Å². The predicted molar refractivity (Wildman–Crippen MR) is 114 cm³/mol. The number of carbonyl (C=O) groups is 1. The van der Waals surface area contributed by atoms with E-state index in [1.165, 1.54) is 17.7 Å². The number of imidazole rings is 1. The molecule has 2 aromatic carbocycles. The number of benzene rings is 2. The van der Waals surface area contributed by atoms with E-state index in [1.807, 2.05) is 42.5 Å². The summed E-state index contributed by atoms with van der Waals surface area (Å²) in [5.74, 6) is 0.0976. The standard InChI is InChI=1S/C20H16BrN5OS/c1-22-19(27)17-18(24-12-23-17)25-20-26(15-5-3-2-4-6-15)16(11-28-20)13-7-9-14(21)10-8-13/h2-12H,1H3,(H,22,27)(H,23,24)/b25-20-. The highest BCUT2D eigenvalue weighted by Gasteiger charge is 2.14. The molecule has 0 atom stereocenters. The van der Waals surface area contributed by atoms with Crippen molar-refractivity contribution in [2.75, 3.05) is 7.05 Å². The van der Waals surface area contributed by atoms with Crippen LogP contribution >= 0.6 is 27.3 Å². The van der Waals surface area contributed by atoms with Gasteiger partial charge in [0, 0.05) is 22.6 Å². The Hall–Kier alpha value is -2.97. The maximum absolute atomic E-state index is 12.0. The van der Waals surface area contributed by atoms with E-state index in [-0.39, 0.29) is 5.91 Å². The van der Waals surface area contributed by atoms with Gasteiger partial charge in [0.1, 0.15) is 0 Å². The predicted octanol–water partition coefficient (Wildman–Crippen LogP) is 4.28. The molecule has 4 rings (SSSR count). The van der Waals surface area contributed by atoms with Crippen LogP contribution in [0.5, 0.6) is 0 Å². The lowest BCUT2D eigenvalue weighted by atomic mass is 10.1. The summed E-state index contributed by atoms with van der Waals surface area (Å²) in [6, 6.07) is 18.1. The minimum absolute atomic E-state index is 0.257. The number of nitrogens with one attached hydrogen (secondary N) is 2. The van der Waals surface area contributed by atoms with Gasteiger partial charge in [0.05, 0.1) is 12.0 Å². The molecule has 2 heterocycles. The summed E-state index contributed by atoms with van der Waals surface area (Å²) in [6.45, 7) is 0. The van der Waals surface area contributed by atoms with Crippen LogP contribution in [-0.4, -0.2) is 27.5 Å². The molecule has 8 heteroatoms. The summed E-state index contributed by atoms with van der Waals surface area (Å²) in [4.78, 5) is 24.5. The van der Waals surface area contributed by atoms with Crippen LogP contribution in [0.15, 0.2) is 75.8 Å². The summed E-state index contributed by atoms with van der Waals surface area (Å²) in [6.07, 6.45) is 1.47. The second-order valence-corrected chi connectivity index (χ2v) is 7.63. The van der Waals surface area contributed by atoms with Gasteiger partial charge >= 0.3 is 0 Å². The van der Waals surface area contributed by atoms with E-state index in [4.69, 9.17) is 0 Å². The lowest BCUT2D eigenvalue weighted by Crippen LogP contribution is -2.19. The van der Waals surface area contributed by atoms with Gasteiger partial charge in [0.15, 0.2) is 16.3 Å². The summed E-state index contributed by atoms with van der Waals surface area (Å²) >= 11 is 4.98. The number of halogens is 1. The number of nitrogens with zero attached hydrogens (tertiary/aromatic N) is 3. The molecular formula is C20H16BrN5OS. The quantitative estimate of drug-likeness (QED) is 0.483. The maximum Gasteiger partial charge on any atom is 0.271 e. The third-order valence-electron chi connectivity index (χ3n) is 4.14. The second-order valence-electron chi connectivity index (χ2n) is 5.87. The first-order valence-electron chi connectivity index (χ1n) is 8.49. The van der Waals surface area contributed by atoms with Crippen LogP contribution in [0.25, 0.3) is 16.9 Å². The van der Waals surface area contributed by atoms with Crippen LogP contribution in [0.3, 0.4) is 0 Å². The van der Waals surface area contributed by atoms with Crippen molar-refractivity contribution in [3.8, 4) is 16.9 Å². The Bertz CT molecular complexity index is 1180. The molecule has 0 aliphatic rings. The molecule has 6 nitrogen and oxygen atoms in total. The lowest BCUT2D eigenvalue weighted by molar-refractivity contribution is 0.0959. The second kappa shape index (κ2) is 7.95. The molecule has 0 aliphatic carbocycles. The Morgan fingerprint density at radius 2 is 1.93 bits per heavy atom. The zero-order valence-electron chi connectivity index (χ0n) is 14.9. The Labute approximate surface area is 173 Å². The highest BCUT2D eigenvalue weighted by molar-refractivity contribution is 9.10. The smallest absolute Gasteiger partial charge is 0.271 e. The third-order valence-corrected chi connectivity index (χ3v) is 5.49. The molecule has 0 fully saturated rings. The molecule has 0 spiro atoms. The first-order valence-corrected chi connectivity index (χ1v) is 10.2. The van der Waals surface area contributed by atoms with Gasteiger partial charge in [0.25, 0.3) is 5.91 Å². The Morgan fingerprint density at radius 1 is 1.18 bits per heavy atom. The fraction of sp³-hybridized carbons (Fsp3) is 0.0500. The topological polar surface area (TPSA) is 75.1 Å². The zero-order valence-corrected chi connectivity index (χ0v) is 17.3. The normalized spacial score (nSPS) is 11.6. The maximum atomic E-state index is 12.0. The van der Waals surface area contributed by atoms with Crippen molar-refractivity contribution in [1.29, 1.82) is 0 Å². The summed E-state index contributed by atoms with van der Waals surface area (Å²) in [7, 11) is 1.58. The lowest BCUT2D eigenvalue weighted by Gasteiger charge is -2.09. The number of aromatic amines is 1. The molecule has 140 valence electrons. The van der Waals surface area contributed by atoms with Gasteiger partial charge in [-0.05, 0) is 29.8 Å². The first kappa shape index (κ1) is 18.4. The van der Waals surface area contributed by atoms with Crippen molar-refractivity contribution in [2.24, 2.45) is 4.99 Å². The Kier molecular flexibility index (Phi) is 5.23. The minimum Gasteiger partial charge on any atom is -0.354 e. The minimum atomic E-state index is -0.257. The number of carbonyl (C=O) groups excluding carboxylic acids is 1. The molecule has 2 aromatic heterocycles. The van der Waals surface area contributed by atoms with Gasteiger partial charge in [-0.1, -0.05) is 46.3 Å².